The summed E-state index contributed by atoms with van der Waals surface area (Å²) in [7, 11) is 0. The van der Waals surface area contributed by atoms with E-state index in [9.17, 15) is 4.79 Å². The minimum atomic E-state index is 0.163. The molecule has 0 aliphatic carbocycles. The lowest BCUT2D eigenvalue weighted by atomic mass is 10.2. The Morgan fingerprint density at radius 3 is 2.75 bits per heavy atom. The molecule has 1 amide bonds. The van der Waals surface area contributed by atoms with Crippen molar-refractivity contribution in [3.63, 3.8) is 0 Å². The molecule has 0 bridgehead atoms. The number of carbonyl (C=O) groups excluding carboxylic acids is 1. The largest absolute Gasteiger partial charge is 0.311 e. The van der Waals surface area contributed by atoms with Crippen molar-refractivity contribution in [1.29, 1.82) is 0 Å². The number of hydrogen-bond donors (Lipinski definition) is 0. The van der Waals surface area contributed by atoms with Crippen LogP contribution < -0.4 is 4.90 Å². The van der Waals surface area contributed by atoms with Crippen LogP contribution in [0.4, 0.5) is 5.69 Å². The predicted octanol–water partition coefficient (Wildman–Crippen LogP) is 4.02. The summed E-state index contributed by atoms with van der Waals surface area (Å²) in [4.78, 5) is 15.1. The van der Waals surface area contributed by atoms with Gasteiger partial charge in [0, 0.05) is 27.9 Å². The first-order chi connectivity index (χ1) is 9.74. The summed E-state index contributed by atoms with van der Waals surface area (Å²) in [5, 5.41) is 0.680. The molecule has 0 atom stereocenters. The molecule has 0 saturated carbocycles. The van der Waals surface area contributed by atoms with Crippen LogP contribution in [0.1, 0.15) is 5.56 Å². The SMILES string of the molecule is O=C1Cc2ccc(Cl)cc2N1CCSc1ccccc1. The summed E-state index contributed by atoms with van der Waals surface area (Å²) in [6.45, 7) is 0.714. The maximum Gasteiger partial charge on any atom is 0.231 e. The molecule has 3 rings (SSSR count). The second-order valence-corrected chi connectivity index (χ2v) is 6.26. The number of fused-ring (bicyclic) bond motifs is 1. The van der Waals surface area contributed by atoms with Crippen LogP contribution in [0.15, 0.2) is 53.4 Å². The number of halogens is 1. The van der Waals surface area contributed by atoms with Gasteiger partial charge in [0.15, 0.2) is 0 Å². The number of carbonyl (C=O) groups is 1. The van der Waals surface area contributed by atoms with E-state index < -0.39 is 0 Å². The smallest absolute Gasteiger partial charge is 0.231 e. The van der Waals surface area contributed by atoms with Crippen molar-refractivity contribution in [1.82, 2.24) is 0 Å². The lowest BCUT2D eigenvalue weighted by Gasteiger charge is -2.17. The maximum absolute atomic E-state index is 12.1. The monoisotopic (exact) mass is 303 g/mol. The average Bonchev–Trinajstić information content (AvgIpc) is 2.76. The van der Waals surface area contributed by atoms with Gasteiger partial charge in [-0.1, -0.05) is 35.9 Å². The molecule has 2 aromatic carbocycles. The molecule has 1 aliphatic rings. The number of rotatable bonds is 4. The molecule has 2 nitrogen and oxygen atoms in total. The van der Waals surface area contributed by atoms with Gasteiger partial charge in [-0.05, 0) is 29.8 Å². The van der Waals surface area contributed by atoms with Gasteiger partial charge >= 0.3 is 0 Å². The van der Waals surface area contributed by atoms with E-state index in [1.165, 1.54) is 4.90 Å². The van der Waals surface area contributed by atoms with Gasteiger partial charge in [0.05, 0.1) is 6.42 Å². The molecule has 0 unspecified atom stereocenters. The molecule has 0 saturated heterocycles. The fraction of sp³-hybridized carbons (Fsp3) is 0.188. The Labute approximate surface area is 127 Å². The van der Waals surface area contributed by atoms with Gasteiger partial charge in [-0.25, -0.2) is 0 Å². The van der Waals surface area contributed by atoms with Crippen molar-refractivity contribution >= 4 is 35.0 Å². The molecule has 2 aromatic rings. The minimum Gasteiger partial charge on any atom is -0.311 e. The van der Waals surface area contributed by atoms with E-state index in [4.69, 9.17) is 11.6 Å². The highest BCUT2D eigenvalue weighted by Gasteiger charge is 2.26. The Bertz CT molecular complexity index is 630. The predicted molar refractivity (Wildman–Crippen MR) is 84.7 cm³/mol. The number of hydrogen-bond acceptors (Lipinski definition) is 2. The second-order valence-electron chi connectivity index (χ2n) is 4.66. The number of thioether (sulfide) groups is 1. The van der Waals surface area contributed by atoms with E-state index in [2.05, 4.69) is 12.1 Å². The van der Waals surface area contributed by atoms with Gasteiger partial charge in [-0.15, -0.1) is 11.8 Å². The third-order valence-electron chi connectivity index (χ3n) is 3.31. The zero-order valence-electron chi connectivity index (χ0n) is 10.9. The number of benzene rings is 2. The molecule has 4 heteroatoms. The van der Waals surface area contributed by atoms with Crippen LogP contribution in [0.5, 0.6) is 0 Å². The molecule has 0 radical (unpaired) electrons. The van der Waals surface area contributed by atoms with E-state index in [-0.39, 0.29) is 5.91 Å². The molecule has 0 N–H and O–H groups in total. The van der Waals surface area contributed by atoms with Crippen LogP contribution >= 0.6 is 23.4 Å². The molecule has 0 spiro atoms. The highest BCUT2D eigenvalue weighted by molar-refractivity contribution is 7.99. The topological polar surface area (TPSA) is 20.3 Å². The highest BCUT2D eigenvalue weighted by Crippen LogP contribution is 2.32. The van der Waals surface area contributed by atoms with Gasteiger partial charge in [-0.3, -0.25) is 4.79 Å². The minimum absolute atomic E-state index is 0.163. The summed E-state index contributed by atoms with van der Waals surface area (Å²) in [5.74, 6) is 1.04. The van der Waals surface area contributed by atoms with Gasteiger partial charge in [-0.2, -0.15) is 0 Å². The van der Waals surface area contributed by atoms with Crippen molar-refractivity contribution in [3.8, 4) is 0 Å². The highest BCUT2D eigenvalue weighted by atomic mass is 35.5. The first-order valence-corrected chi connectivity index (χ1v) is 7.87. The van der Waals surface area contributed by atoms with Crippen LogP contribution in [0.2, 0.25) is 5.02 Å². The molecular weight excluding hydrogens is 290 g/mol. The van der Waals surface area contributed by atoms with Crippen LogP contribution in [0.3, 0.4) is 0 Å². The van der Waals surface area contributed by atoms with Gasteiger partial charge in [0.2, 0.25) is 5.91 Å². The lowest BCUT2D eigenvalue weighted by molar-refractivity contribution is -0.117. The van der Waals surface area contributed by atoms with E-state index in [1.54, 1.807) is 11.8 Å². The van der Waals surface area contributed by atoms with E-state index in [0.29, 0.717) is 18.0 Å². The molecule has 0 fully saturated rings. The normalized spacial score (nSPS) is 13.7. The fourth-order valence-corrected chi connectivity index (χ4v) is 3.37. The van der Waals surface area contributed by atoms with Gasteiger partial charge < -0.3 is 4.90 Å². The molecule has 1 heterocycles. The van der Waals surface area contributed by atoms with Crippen molar-refractivity contribution in [2.24, 2.45) is 0 Å². The Morgan fingerprint density at radius 2 is 1.95 bits per heavy atom. The van der Waals surface area contributed by atoms with E-state index >= 15 is 0 Å². The van der Waals surface area contributed by atoms with E-state index in [0.717, 1.165) is 17.0 Å². The van der Waals surface area contributed by atoms with Crippen LogP contribution in [0.25, 0.3) is 0 Å². The Balaban J connectivity index is 1.66. The first kappa shape index (κ1) is 13.5. The molecule has 20 heavy (non-hydrogen) atoms. The van der Waals surface area contributed by atoms with E-state index in [1.807, 2.05) is 41.3 Å². The average molecular weight is 304 g/mol. The first-order valence-electron chi connectivity index (χ1n) is 6.51. The summed E-state index contributed by atoms with van der Waals surface area (Å²) in [6.07, 6.45) is 0.489. The number of amides is 1. The van der Waals surface area contributed by atoms with Crippen molar-refractivity contribution < 1.29 is 4.79 Å². The zero-order chi connectivity index (χ0) is 13.9. The van der Waals surface area contributed by atoms with Crippen LogP contribution in [-0.4, -0.2) is 18.2 Å². The van der Waals surface area contributed by atoms with Crippen molar-refractivity contribution in [2.75, 3.05) is 17.2 Å². The van der Waals surface area contributed by atoms with Crippen molar-refractivity contribution in [3.05, 3.63) is 59.1 Å². The second kappa shape index (κ2) is 5.90. The van der Waals surface area contributed by atoms with Gasteiger partial charge in [0.1, 0.15) is 0 Å². The summed E-state index contributed by atoms with van der Waals surface area (Å²) < 4.78 is 0. The third kappa shape index (κ3) is 2.84. The van der Waals surface area contributed by atoms with Crippen LogP contribution in [0, 0.1) is 0 Å². The Kier molecular flexibility index (Phi) is 3.99. The standard InChI is InChI=1S/C16H14ClNOS/c17-13-7-6-12-10-16(19)18(15(12)11-13)8-9-20-14-4-2-1-3-5-14/h1-7,11H,8-10H2. The summed E-state index contributed by atoms with van der Waals surface area (Å²) in [6, 6.07) is 15.9. The lowest BCUT2D eigenvalue weighted by Crippen LogP contribution is -2.29. The Hall–Kier alpha value is -1.45. The molecule has 1 aliphatic heterocycles. The number of nitrogens with zero attached hydrogens (tertiary/aromatic N) is 1. The van der Waals surface area contributed by atoms with Gasteiger partial charge in [0.25, 0.3) is 0 Å². The Morgan fingerprint density at radius 1 is 1.15 bits per heavy atom. The fourth-order valence-electron chi connectivity index (χ4n) is 2.35. The molecule has 0 aromatic heterocycles. The quantitative estimate of drug-likeness (QED) is 0.795. The maximum atomic E-state index is 12.1. The van der Waals surface area contributed by atoms with Crippen molar-refractivity contribution in [2.45, 2.75) is 11.3 Å². The van der Waals surface area contributed by atoms with Crippen LogP contribution in [-0.2, 0) is 11.2 Å². The molecule has 102 valence electrons. The number of anilines is 1. The zero-order valence-corrected chi connectivity index (χ0v) is 12.5. The summed E-state index contributed by atoms with van der Waals surface area (Å²) >= 11 is 7.78. The third-order valence-corrected chi connectivity index (χ3v) is 4.53. The molecular formula is C16H14ClNOS. The summed E-state index contributed by atoms with van der Waals surface area (Å²) in [5.41, 5.74) is 2.04.